The minimum atomic E-state index is -5.08. The van der Waals surface area contributed by atoms with Crippen LogP contribution < -0.4 is 4.74 Å². The Kier molecular flexibility index (Phi) is 14.5. The fourth-order valence-corrected chi connectivity index (χ4v) is 3.82. The SMILES string of the molecule is O=C(O)C(F)(F)F.O=C(O)C(F)(F)F.O=C(O)C(F)(F)F.c1ccc(CN2CCCC3(CC(Oc4cccnc4)CO3)C2)nc1. The molecule has 2 aliphatic rings. The molecule has 45 heavy (non-hydrogen) atoms. The van der Waals surface area contributed by atoms with Crippen molar-refractivity contribution in [3.8, 4) is 5.75 Å². The monoisotopic (exact) mass is 667 g/mol. The summed E-state index contributed by atoms with van der Waals surface area (Å²) >= 11 is 0. The lowest BCUT2D eigenvalue weighted by Crippen LogP contribution is -2.47. The molecule has 2 aromatic heterocycles. The Morgan fingerprint density at radius 3 is 1.89 bits per heavy atom. The van der Waals surface area contributed by atoms with Crippen LogP contribution in [0, 0.1) is 0 Å². The number of rotatable bonds is 4. The summed E-state index contributed by atoms with van der Waals surface area (Å²) < 4.78 is 107. The molecule has 0 radical (unpaired) electrons. The molecule has 2 atom stereocenters. The average molecular weight is 667 g/mol. The van der Waals surface area contributed by atoms with Gasteiger partial charge in [-0.3, -0.25) is 14.9 Å². The molecule has 0 bridgehead atoms. The summed E-state index contributed by atoms with van der Waals surface area (Å²) in [5.74, 6) is -7.45. The van der Waals surface area contributed by atoms with Gasteiger partial charge >= 0.3 is 36.4 Å². The highest BCUT2D eigenvalue weighted by Gasteiger charge is 2.44. The van der Waals surface area contributed by atoms with Crippen LogP contribution in [0.4, 0.5) is 39.5 Å². The maximum atomic E-state index is 10.6. The first-order valence-corrected chi connectivity index (χ1v) is 12.4. The summed E-state index contributed by atoms with van der Waals surface area (Å²) in [6.45, 7) is 3.61. The Balaban J connectivity index is 0.000000396. The summed E-state index contributed by atoms with van der Waals surface area (Å²) in [4.78, 5) is 37.7. The summed E-state index contributed by atoms with van der Waals surface area (Å²) in [5.41, 5.74) is 1.05. The van der Waals surface area contributed by atoms with Gasteiger partial charge in [-0.15, -0.1) is 0 Å². The minimum absolute atomic E-state index is 0.0695. The Labute approximate surface area is 248 Å². The lowest BCUT2D eigenvalue weighted by atomic mass is 9.89. The van der Waals surface area contributed by atoms with E-state index in [4.69, 9.17) is 39.2 Å². The van der Waals surface area contributed by atoms with Gasteiger partial charge in [0.05, 0.1) is 24.1 Å². The molecule has 0 aliphatic carbocycles. The number of carbonyl (C=O) groups is 3. The lowest BCUT2D eigenvalue weighted by molar-refractivity contribution is -0.193. The highest BCUT2D eigenvalue weighted by Crippen LogP contribution is 2.36. The van der Waals surface area contributed by atoms with Crippen molar-refractivity contribution in [1.29, 1.82) is 0 Å². The fraction of sp³-hybridized carbons (Fsp3) is 0.480. The molecule has 3 N–H and O–H groups in total. The predicted molar refractivity (Wildman–Crippen MR) is 132 cm³/mol. The third-order valence-electron chi connectivity index (χ3n) is 5.57. The Morgan fingerprint density at radius 1 is 0.889 bits per heavy atom. The predicted octanol–water partition coefficient (Wildman–Crippen LogP) is 4.58. The maximum Gasteiger partial charge on any atom is 0.490 e. The Morgan fingerprint density at radius 2 is 1.44 bits per heavy atom. The van der Waals surface area contributed by atoms with Crippen molar-refractivity contribution >= 4 is 17.9 Å². The van der Waals surface area contributed by atoms with Crippen molar-refractivity contribution in [2.75, 3.05) is 19.7 Å². The Bertz CT molecular complexity index is 1160. The third-order valence-corrected chi connectivity index (χ3v) is 5.57. The van der Waals surface area contributed by atoms with E-state index in [1.165, 1.54) is 0 Å². The van der Waals surface area contributed by atoms with Crippen LogP contribution in [0.5, 0.6) is 5.75 Å². The van der Waals surface area contributed by atoms with E-state index in [-0.39, 0.29) is 11.7 Å². The van der Waals surface area contributed by atoms with Crippen LogP contribution in [0.2, 0.25) is 0 Å². The molecular formula is C25H26F9N3O8. The first kappa shape index (κ1) is 38.8. The largest absolute Gasteiger partial charge is 0.490 e. The molecule has 11 nitrogen and oxygen atoms in total. The molecule has 0 aromatic carbocycles. The molecule has 4 rings (SSSR count). The van der Waals surface area contributed by atoms with E-state index < -0.39 is 36.4 Å². The maximum absolute atomic E-state index is 10.6. The summed E-state index contributed by atoms with van der Waals surface area (Å²) in [5, 5.41) is 21.4. The van der Waals surface area contributed by atoms with E-state index in [0.29, 0.717) is 6.61 Å². The van der Waals surface area contributed by atoms with Gasteiger partial charge in [-0.25, -0.2) is 14.4 Å². The summed E-state index contributed by atoms with van der Waals surface area (Å²) in [6, 6.07) is 9.95. The number of carboxylic acids is 3. The fourth-order valence-electron chi connectivity index (χ4n) is 3.82. The number of likely N-dealkylation sites (tertiary alicyclic amines) is 1. The van der Waals surface area contributed by atoms with Gasteiger partial charge in [0.2, 0.25) is 0 Å². The number of piperidine rings is 1. The number of aliphatic carboxylic acids is 3. The van der Waals surface area contributed by atoms with Crippen molar-refractivity contribution in [2.45, 2.75) is 56.0 Å². The van der Waals surface area contributed by atoms with Crippen LogP contribution in [0.25, 0.3) is 0 Å². The van der Waals surface area contributed by atoms with E-state index in [1.807, 2.05) is 30.5 Å². The summed E-state index contributed by atoms with van der Waals surface area (Å²) in [7, 11) is 0. The van der Waals surface area contributed by atoms with Crippen molar-refractivity contribution < 1.29 is 78.7 Å². The number of nitrogens with zero attached hydrogens (tertiary/aromatic N) is 3. The van der Waals surface area contributed by atoms with E-state index in [2.05, 4.69) is 20.9 Å². The topological polar surface area (TPSA) is 159 Å². The number of ether oxygens (including phenoxy) is 2. The van der Waals surface area contributed by atoms with Crippen molar-refractivity contribution in [3.05, 3.63) is 54.6 Å². The van der Waals surface area contributed by atoms with Gasteiger partial charge in [0, 0.05) is 31.9 Å². The molecule has 2 saturated heterocycles. The van der Waals surface area contributed by atoms with E-state index in [9.17, 15) is 39.5 Å². The number of carboxylic acid groups (broad SMARTS) is 3. The zero-order valence-electron chi connectivity index (χ0n) is 22.8. The molecule has 2 unspecified atom stereocenters. The van der Waals surface area contributed by atoms with Crippen molar-refractivity contribution in [1.82, 2.24) is 14.9 Å². The van der Waals surface area contributed by atoms with Gasteiger partial charge in [-0.2, -0.15) is 39.5 Å². The molecule has 2 fully saturated rings. The van der Waals surface area contributed by atoms with Crippen LogP contribution in [0.1, 0.15) is 25.0 Å². The van der Waals surface area contributed by atoms with Crippen LogP contribution >= 0.6 is 0 Å². The number of aromatic nitrogens is 2. The number of hydrogen-bond donors (Lipinski definition) is 3. The number of hydrogen-bond acceptors (Lipinski definition) is 8. The molecule has 1 spiro atoms. The molecular weight excluding hydrogens is 641 g/mol. The van der Waals surface area contributed by atoms with E-state index in [1.54, 1.807) is 12.4 Å². The zero-order valence-corrected chi connectivity index (χ0v) is 22.8. The second-order valence-electron chi connectivity index (χ2n) is 9.17. The first-order chi connectivity index (χ1) is 20.6. The van der Waals surface area contributed by atoms with Gasteiger partial charge in [0.1, 0.15) is 11.9 Å². The zero-order chi connectivity index (χ0) is 34.5. The third kappa shape index (κ3) is 15.4. The highest BCUT2D eigenvalue weighted by molar-refractivity contribution is 5.73. The van der Waals surface area contributed by atoms with Crippen LogP contribution in [0.15, 0.2) is 48.9 Å². The standard InChI is InChI=1S/C19H23N3O2.3C2HF3O2/c1-2-9-21-16(5-1)13-22-10-4-7-19(15-22)11-18(14-23-19)24-17-6-3-8-20-12-17;3*3-2(4,5)1(6)7/h1-3,5-6,8-9,12,18H,4,7,10-11,13-15H2;3*(H,6,7). The smallest absolute Gasteiger partial charge is 0.486 e. The molecule has 4 heterocycles. The van der Waals surface area contributed by atoms with Crippen LogP contribution in [0.3, 0.4) is 0 Å². The number of pyridine rings is 2. The van der Waals surface area contributed by atoms with Gasteiger partial charge < -0.3 is 24.8 Å². The Hall–Kier alpha value is -4.20. The van der Waals surface area contributed by atoms with Gasteiger partial charge in [-0.05, 0) is 43.7 Å². The lowest BCUT2D eigenvalue weighted by Gasteiger charge is -2.39. The van der Waals surface area contributed by atoms with E-state index in [0.717, 1.165) is 50.3 Å². The normalized spacial score (nSPS) is 19.9. The van der Waals surface area contributed by atoms with Crippen LogP contribution in [-0.4, -0.2) is 98.0 Å². The summed E-state index contributed by atoms with van der Waals surface area (Å²) in [6.07, 6.45) is -6.54. The molecule has 0 amide bonds. The van der Waals surface area contributed by atoms with Gasteiger partial charge in [0.15, 0.2) is 0 Å². The second kappa shape index (κ2) is 16.8. The van der Waals surface area contributed by atoms with Crippen LogP contribution in [-0.2, 0) is 25.7 Å². The quantitative estimate of drug-likeness (QED) is 0.392. The highest BCUT2D eigenvalue weighted by atomic mass is 19.4. The van der Waals surface area contributed by atoms with E-state index >= 15 is 0 Å². The van der Waals surface area contributed by atoms with Gasteiger partial charge in [-0.1, -0.05) is 6.07 Å². The molecule has 0 saturated carbocycles. The molecule has 20 heteroatoms. The molecule has 252 valence electrons. The number of halogens is 9. The molecule has 2 aliphatic heterocycles. The van der Waals surface area contributed by atoms with Gasteiger partial charge in [0.25, 0.3) is 0 Å². The van der Waals surface area contributed by atoms with Crippen molar-refractivity contribution in [2.24, 2.45) is 0 Å². The second-order valence-corrected chi connectivity index (χ2v) is 9.17. The number of alkyl halides is 9. The molecule has 2 aromatic rings. The first-order valence-electron chi connectivity index (χ1n) is 12.4. The van der Waals surface area contributed by atoms with Crippen molar-refractivity contribution in [3.63, 3.8) is 0 Å². The minimum Gasteiger partial charge on any atom is -0.486 e. The average Bonchev–Trinajstić information content (AvgIpc) is 3.30.